The molecule has 2 N–H and O–H groups in total. The van der Waals surface area contributed by atoms with E-state index in [-0.39, 0.29) is 23.8 Å². The highest BCUT2D eigenvalue weighted by Gasteiger charge is 2.43. The number of amides is 3. The molecule has 0 saturated carbocycles. The number of hydrogen-bond acceptors (Lipinski definition) is 5. The summed E-state index contributed by atoms with van der Waals surface area (Å²) in [7, 11) is 1.55. The van der Waals surface area contributed by atoms with Gasteiger partial charge in [0.2, 0.25) is 11.8 Å². The maximum atomic E-state index is 13.3. The topological polar surface area (TPSA) is 97.0 Å². The molecular formula is C24H35N3O5. The summed E-state index contributed by atoms with van der Waals surface area (Å²) in [6.45, 7) is 5.62. The minimum atomic E-state index is -0.629. The Bertz CT molecular complexity index is 820. The molecule has 176 valence electrons. The first-order chi connectivity index (χ1) is 15.4. The number of carbonyl (C=O) groups excluding carboxylic acids is 3. The van der Waals surface area contributed by atoms with Crippen LogP contribution in [0, 0.1) is 5.41 Å². The van der Waals surface area contributed by atoms with Crippen LogP contribution in [0.15, 0.2) is 24.3 Å². The van der Waals surface area contributed by atoms with Gasteiger partial charge in [0, 0.05) is 25.7 Å². The molecular weight excluding hydrogens is 410 g/mol. The Morgan fingerprint density at radius 2 is 1.81 bits per heavy atom. The third kappa shape index (κ3) is 5.59. The molecule has 1 aromatic carbocycles. The average Bonchev–Trinajstić information content (AvgIpc) is 2.81. The number of nitrogens with one attached hydrogen (secondary N) is 2. The second-order valence-electron chi connectivity index (χ2n) is 8.91. The lowest BCUT2D eigenvalue weighted by Crippen LogP contribution is -2.55. The molecule has 2 aliphatic heterocycles. The normalized spacial score (nSPS) is 25.0. The Kier molecular flexibility index (Phi) is 8.12. The fourth-order valence-electron chi connectivity index (χ4n) is 4.47. The van der Waals surface area contributed by atoms with Crippen molar-refractivity contribution in [1.29, 1.82) is 0 Å². The number of hydrogen-bond donors (Lipinski definition) is 2. The smallest absolute Gasteiger partial charge is 0.257 e. The Labute approximate surface area is 190 Å². The van der Waals surface area contributed by atoms with Crippen LogP contribution in [0.5, 0.6) is 5.75 Å². The molecule has 2 aliphatic rings. The number of carbonyl (C=O) groups is 3. The maximum absolute atomic E-state index is 13.3. The number of methoxy groups -OCH3 is 1. The number of benzene rings is 1. The Balaban J connectivity index is 1.72. The highest BCUT2D eigenvalue weighted by Crippen LogP contribution is 2.38. The Morgan fingerprint density at radius 1 is 1.09 bits per heavy atom. The van der Waals surface area contributed by atoms with Gasteiger partial charge in [-0.1, -0.05) is 18.6 Å². The van der Waals surface area contributed by atoms with E-state index >= 15 is 0 Å². The van der Waals surface area contributed by atoms with Crippen LogP contribution in [-0.4, -0.2) is 68.1 Å². The fourth-order valence-corrected chi connectivity index (χ4v) is 4.47. The predicted molar refractivity (Wildman–Crippen MR) is 120 cm³/mol. The minimum absolute atomic E-state index is 0.0857. The molecule has 8 nitrogen and oxygen atoms in total. The molecule has 2 saturated heterocycles. The molecule has 0 bridgehead atoms. The summed E-state index contributed by atoms with van der Waals surface area (Å²) in [6, 6.07) is 6.45. The van der Waals surface area contributed by atoms with Crippen molar-refractivity contribution >= 4 is 17.7 Å². The summed E-state index contributed by atoms with van der Waals surface area (Å²) in [6.07, 6.45) is 3.55. The zero-order valence-electron chi connectivity index (χ0n) is 19.3. The quantitative estimate of drug-likeness (QED) is 0.727. The molecule has 0 aliphatic carbocycles. The van der Waals surface area contributed by atoms with Gasteiger partial charge in [-0.05, 0) is 51.7 Å². The van der Waals surface area contributed by atoms with Crippen LogP contribution in [-0.2, 0) is 14.3 Å². The van der Waals surface area contributed by atoms with Crippen LogP contribution in [0.2, 0.25) is 0 Å². The van der Waals surface area contributed by atoms with Gasteiger partial charge >= 0.3 is 0 Å². The van der Waals surface area contributed by atoms with E-state index in [0.29, 0.717) is 56.9 Å². The van der Waals surface area contributed by atoms with Crippen molar-refractivity contribution in [3.8, 4) is 5.75 Å². The van der Waals surface area contributed by atoms with Gasteiger partial charge in [-0.3, -0.25) is 14.4 Å². The average molecular weight is 446 g/mol. The van der Waals surface area contributed by atoms with E-state index in [1.807, 2.05) is 19.1 Å². The van der Waals surface area contributed by atoms with Crippen molar-refractivity contribution in [2.24, 2.45) is 5.41 Å². The number of piperidine rings is 1. The second-order valence-corrected chi connectivity index (χ2v) is 8.91. The lowest BCUT2D eigenvalue weighted by Gasteiger charge is -2.41. The molecule has 32 heavy (non-hydrogen) atoms. The maximum Gasteiger partial charge on any atom is 0.257 e. The van der Waals surface area contributed by atoms with Gasteiger partial charge in [-0.2, -0.15) is 0 Å². The summed E-state index contributed by atoms with van der Waals surface area (Å²) in [5.41, 5.74) is -0.0620. The van der Waals surface area contributed by atoms with Crippen LogP contribution >= 0.6 is 0 Å². The van der Waals surface area contributed by atoms with Gasteiger partial charge in [-0.15, -0.1) is 0 Å². The van der Waals surface area contributed by atoms with Gasteiger partial charge in [0.05, 0.1) is 24.7 Å². The first kappa shape index (κ1) is 24.0. The Morgan fingerprint density at radius 3 is 2.53 bits per heavy atom. The van der Waals surface area contributed by atoms with Crippen LogP contribution in [0.4, 0.5) is 0 Å². The first-order valence-corrected chi connectivity index (χ1v) is 11.5. The largest absolute Gasteiger partial charge is 0.496 e. The molecule has 2 fully saturated rings. The van der Waals surface area contributed by atoms with Crippen LogP contribution in [0.3, 0.4) is 0 Å². The highest BCUT2D eigenvalue weighted by molar-refractivity contribution is 5.97. The molecule has 0 aromatic heterocycles. The SMILES string of the molecule is COc1ccccc1C(=O)N1CCC2(CCCCOC[C@H](C)NC(=O)[C@H](C)NC2=O)CC1. The minimum Gasteiger partial charge on any atom is -0.496 e. The van der Waals surface area contributed by atoms with Crippen molar-refractivity contribution in [3.05, 3.63) is 29.8 Å². The van der Waals surface area contributed by atoms with Crippen LogP contribution in [0.25, 0.3) is 0 Å². The summed E-state index contributed by atoms with van der Waals surface area (Å²) in [5, 5.41) is 5.82. The summed E-state index contributed by atoms with van der Waals surface area (Å²) < 4.78 is 11.0. The number of likely N-dealkylation sites (tertiary alicyclic amines) is 1. The highest BCUT2D eigenvalue weighted by atomic mass is 16.5. The number of para-hydroxylation sites is 1. The van der Waals surface area contributed by atoms with Crippen LogP contribution < -0.4 is 15.4 Å². The number of nitrogens with zero attached hydrogens (tertiary/aromatic N) is 1. The van der Waals surface area contributed by atoms with E-state index < -0.39 is 11.5 Å². The fraction of sp³-hybridized carbons (Fsp3) is 0.625. The van der Waals surface area contributed by atoms with E-state index in [4.69, 9.17) is 9.47 Å². The van der Waals surface area contributed by atoms with Crippen molar-refractivity contribution < 1.29 is 23.9 Å². The molecule has 1 aromatic rings. The van der Waals surface area contributed by atoms with Gasteiger partial charge < -0.3 is 25.0 Å². The van der Waals surface area contributed by atoms with E-state index in [0.717, 1.165) is 12.8 Å². The van der Waals surface area contributed by atoms with Crippen LogP contribution in [0.1, 0.15) is 56.3 Å². The Hall–Kier alpha value is -2.61. The van der Waals surface area contributed by atoms with Crippen molar-refractivity contribution in [1.82, 2.24) is 15.5 Å². The number of ether oxygens (including phenoxy) is 2. The lowest BCUT2D eigenvalue weighted by molar-refractivity contribution is -0.137. The third-order valence-electron chi connectivity index (χ3n) is 6.52. The molecule has 0 radical (unpaired) electrons. The molecule has 0 unspecified atom stereocenters. The summed E-state index contributed by atoms with van der Waals surface area (Å²) in [4.78, 5) is 40.7. The van der Waals surface area contributed by atoms with Crippen molar-refractivity contribution in [2.75, 3.05) is 33.4 Å². The van der Waals surface area contributed by atoms with E-state index in [9.17, 15) is 14.4 Å². The van der Waals surface area contributed by atoms with Gasteiger partial charge in [0.15, 0.2) is 0 Å². The molecule has 2 atom stereocenters. The zero-order chi connectivity index (χ0) is 23.1. The van der Waals surface area contributed by atoms with Gasteiger partial charge in [0.25, 0.3) is 5.91 Å². The molecule has 2 heterocycles. The van der Waals surface area contributed by atoms with Crippen molar-refractivity contribution in [2.45, 2.75) is 58.0 Å². The molecule has 3 amide bonds. The lowest BCUT2D eigenvalue weighted by atomic mass is 9.73. The summed E-state index contributed by atoms with van der Waals surface area (Å²) >= 11 is 0. The zero-order valence-corrected chi connectivity index (χ0v) is 19.3. The monoisotopic (exact) mass is 445 g/mol. The predicted octanol–water partition coefficient (Wildman–Crippen LogP) is 2.13. The van der Waals surface area contributed by atoms with E-state index in [2.05, 4.69) is 10.6 Å². The van der Waals surface area contributed by atoms with E-state index in [1.54, 1.807) is 31.1 Å². The first-order valence-electron chi connectivity index (χ1n) is 11.5. The van der Waals surface area contributed by atoms with Crippen molar-refractivity contribution in [3.63, 3.8) is 0 Å². The second kappa shape index (κ2) is 10.8. The molecule has 1 spiro atoms. The molecule has 8 heteroatoms. The number of rotatable bonds is 2. The van der Waals surface area contributed by atoms with Gasteiger partial charge in [-0.25, -0.2) is 0 Å². The van der Waals surface area contributed by atoms with Gasteiger partial charge in [0.1, 0.15) is 11.8 Å². The molecule has 3 rings (SSSR count). The van der Waals surface area contributed by atoms with E-state index in [1.165, 1.54) is 0 Å². The standard InChI is InChI=1S/C24H35N3O5/c1-17-16-32-15-7-6-10-24(23(30)26-18(2)21(28)25-17)11-13-27(14-12-24)22(29)19-8-4-5-9-20(19)31-3/h4-5,8-9,17-18H,6-7,10-16H2,1-3H3,(H,25,28)(H,26,30)/t17-,18-/m0/s1. The third-order valence-corrected chi connectivity index (χ3v) is 6.52. The summed E-state index contributed by atoms with van der Waals surface area (Å²) in [5.74, 6) is 0.147.